The molecule has 2 N–H and O–H groups in total. The van der Waals surface area contributed by atoms with Gasteiger partial charge in [-0.05, 0) is 50.3 Å². The van der Waals surface area contributed by atoms with Gasteiger partial charge in [-0.1, -0.05) is 0 Å². The monoisotopic (exact) mass is 410 g/mol. The first-order valence-corrected chi connectivity index (χ1v) is 10.3. The van der Waals surface area contributed by atoms with E-state index in [-0.39, 0.29) is 37.3 Å². The van der Waals surface area contributed by atoms with Gasteiger partial charge in [-0.2, -0.15) is 0 Å². The first-order chi connectivity index (χ1) is 14.5. The summed E-state index contributed by atoms with van der Waals surface area (Å²) in [6.45, 7) is 4.89. The molecule has 2 aliphatic rings. The fourth-order valence-corrected chi connectivity index (χ4v) is 3.61. The molecule has 2 aromatic rings. The number of nitrogens with zero attached hydrogens (tertiary/aromatic N) is 3. The molecule has 0 spiro atoms. The van der Waals surface area contributed by atoms with Crippen molar-refractivity contribution in [3.8, 4) is 5.75 Å². The maximum atomic E-state index is 13.0. The third-order valence-corrected chi connectivity index (χ3v) is 5.64. The zero-order chi connectivity index (χ0) is 21.3. The standard InChI is InChI=1S/C22H26N4O4/c1-13-9-18(25-10-19(13)30-12-15-3-4-15)14(2)26-11-17-16(22(26)29)5-6-23-20(17)21(28)24-7-8-27/h5-6,9-10,14-15,27H,3-4,7-8,11-12H2,1-2H3,(H,24,28). The highest BCUT2D eigenvalue weighted by atomic mass is 16.5. The Kier molecular flexibility index (Phi) is 5.67. The number of amides is 2. The normalized spacial score (nSPS) is 16.4. The van der Waals surface area contributed by atoms with Crippen molar-refractivity contribution in [1.29, 1.82) is 0 Å². The zero-order valence-corrected chi connectivity index (χ0v) is 17.2. The van der Waals surface area contributed by atoms with Crippen LogP contribution in [-0.2, 0) is 6.54 Å². The quantitative estimate of drug-likeness (QED) is 0.690. The van der Waals surface area contributed by atoms with Gasteiger partial charge in [0.2, 0.25) is 0 Å². The van der Waals surface area contributed by atoms with Crippen molar-refractivity contribution in [3.63, 3.8) is 0 Å². The molecule has 1 aliphatic carbocycles. The van der Waals surface area contributed by atoms with Gasteiger partial charge in [0.1, 0.15) is 11.4 Å². The lowest BCUT2D eigenvalue weighted by atomic mass is 10.1. The summed E-state index contributed by atoms with van der Waals surface area (Å²) in [5.74, 6) is 0.904. The molecule has 30 heavy (non-hydrogen) atoms. The van der Waals surface area contributed by atoms with E-state index in [2.05, 4.69) is 15.3 Å². The zero-order valence-electron chi connectivity index (χ0n) is 17.2. The average Bonchev–Trinajstić information content (AvgIpc) is 3.52. The molecular formula is C22H26N4O4. The third-order valence-electron chi connectivity index (χ3n) is 5.64. The smallest absolute Gasteiger partial charge is 0.270 e. The molecule has 2 amide bonds. The van der Waals surface area contributed by atoms with Gasteiger partial charge in [0.25, 0.3) is 11.8 Å². The average molecular weight is 410 g/mol. The molecule has 1 fully saturated rings. The second-order valence-corrected chi connectivity index (χ2v) is 7.90. The van der Waals surface area contributed by atoms with Crippen LogP contribution in [0.2, 0.25) is 0 Å². The molecule has 1 saturated carbocycles. The van der Waals surface area contributed by atoms with Crippen LogP contribution < -0.4 is 10.1 Å². The van der Waals surface area contributed by atoms with E-state index >= 15 is 0 Å². The summed E-state index contributed by atoms with van der Waals surface area (Å²) in [5.41, 5.74) is 3.06. The van der Waals surface area contributed by atoms with Crippen LogP contribution in [0.5, 0.6) is 5.75 Å². The van der Waals surface area contributed by atoms with Crippen LogP contribution in [0.1, 0.15) is 63.5 Å². The summed E-state index contributed by atoms with van der Waals surface area (Å²) in [7, 11) is 0. The predicted octanol–water partition coefficient (Wildman–Crippen LogP) is 2.01. The first-order valence-electron chi connectivity index (χ1n) is 10.3. The van der Waals surface area contributed by atoms with Crippen molar-refractivity contribution in [2.45, 2.75) is 39.3 Å². The van der Waals surface area contributed by atoms with Gasteiger partial charge in [-0.3, -0.25) is 19.6 Å². The number of carbonyl (C=O) groups excluding carboxylic acids is 2. The van der Waals surface area contributed by atoms with Crippen LogP contribution in [0, 0.1) is 12.8 Å². The third kappa shape index (κ3) is 4.00. The Hall–Kier alpha value is -3.00. The number of rotatable bonds is 8. The molecule has 0 aromatic carbocycles. The van der Waals surface area contributed by atoms with Crippen LogP contribution in [0.15, 0.2) is 24.5 Å². The molecule has 1 unspecified atom stereocenters. The van der Waals surface area contributed by atoms with Gasteiger partial charge in [0, 0.05) is 30.4 Å². The van der Waals surface area contributed by atoms with Crippen molar-refractivity contribution >= 4 is 11.8 Å². The van der Waals surface area contributed by atoms with E-state index in [1.807, 2.05) is 19.9 Å². The summed E-state index contributed by atoms with van der Waals surface area (Å²) in [6, 6.07) is 3.33. The Morgan fingerprint density at radius 1 is 1.40 bits per heavy atom. The van der Waals surface area contributed by atoms with E-state index in [0.29, 0.717) is 17.0 Å². The summed E-state index contributed by atoms with van der Waals surface area (Å²) in [5, 5.41) is 11.5. The molecule has 1 aliphatic heterocycles. The van der Waals surface area contributed by atoms with Gasteiger partial charge in [-0.25, -0.2) is 0 Å². The molecule has 0 bridgehead atoms. The molecule has 4 rings (SSSR count). The Balaban J connectivity index is 1.52. The Labute approximate surface area is 175 Å². The van der Waals surface area contributed by atoms with Crippen molar-refractivity contribution < 1.29 is 19.4 Å². The number of aliphatic hydroxyl groups is 1. The fraction of sp³-hybridized carbons (Fsp3) is 0.455. The topological polar surface area (TPSA) is 105 Å². The number of aryl methyl sites for hydroxylation is 1. The number of hydrogen-bond acceptors (Lipinski definition) is 6. The maximum Gasteiger partial charge on any atom is 0.270 e. The van der Waals surface area contributed by atoms with Gasteiger partial charge >= 0.3 is 0 Å². The maximum absolute atomic E-state index is 13.0. The van der Waals surface area contributed by atoms with Crippen molar-refractivity contribution in [1.82, 2.24) is 20.2 Å². The number of ether oxygens (including phenoxy) is 1. The summed E-state index contributed by atoms with van der Waals surface area (Å²) >= 11 is 0. The van der Waals surface area contributed by atoms with Gasteiger partial charge in [0.15, 0.2) is 0 Å². The molecule has 3 heterocycles. The van der Waals surface area contributed by atoms with E-state index < -0.39 is 5.91 Å². The highest BCUT2D eigenvalue weighted by Crippen LogP contribution is 2.34. The van der Waals surface area contributed by atoms with E-state index in [1.165, 1.54) is 19.0 Å². The lowest BCUT2D eigenvalue weighted by molar-refractivity contribution is 0.0711. The van der Waals surface area contributed by atoms with E-state index in [1.54, 1.807) is 17.2 Å². The number of aromatic nitrogens is 2. The van der Waals surface area contributed by atoms with Crippen molar-refractivity contribution in [3.05, 3.63) is 52.6 Å². The Morgan fingerprint density at radius 2 is 2.20 bits per heavy atom. The number of fused-ring (bicyclic) bond motifs is 1. The highest BCUT2D eigenvalue weighted by molar-refractivity contribution is 6.03. The number of nitrogens with one attached hydrogen (secondary N) is 1. The number of pyridine rings is 2. The second-order valence-electron chi connectivity index (χ2n) is 7.90. The lowest BCUT2D eigenvalue weighted by Gasteiger charge is -2.24. The van der Waals surface area contributed by atoms with Crippen LogP contribution >= 0.6 is 0 Å². The minimum Gasteiger partial charge on any atom is -0.491 e. The van der Waals surface area contributed by atoms with Crippen LogP contribution in [0.25, 0.3) is 0 Å². The summed E-state index contributed by atoms with van der Waals surface area (Å²) in [4.78, 5) is 35.8. The molecule has 158 valence electrons. The molecule has 8 heteroatoms. The number of carbonyl (C=O) groups is 2. The molecule has 0 radical (unpaired) electrons. The molecule has 0 saturated heterocycles. The molecule has 1 atom stereocenters. The summed E-state index contributed by atoms with van der Waals surface area (Å²) in [6.07, 6.45) is 5.65. The second kappa shape index (κ2) is 8.39. The predicted molar refractivity (Wildman–Crippen MR) is 109 cm³/mol. The van der Waals surface area contributed by atoms with Crippen LogP contribution in [0.4, 0.5) is 0 Å². The van der Waals surface area contributed by atoms with E-state index in [4.69, 9.17) is 9.84 Å². The Morgan fingerprint density at radius 3 is 2.90 bits per heavy atom. The van der Waals surface area contributed by atoms with Gasteiger partial charge in [0.05, 0.1) is 31.1 Å². The van der Waals surface area contributed by atoms with Gasteiger partial charge < -0.3 is 20.1 Å². The molecular weight excluding hydrogens is 384 g/mol. The largest absolute Gasteiger partial charge is 0.491 e. The highest BCUT2D eigenvalue weighted by Gasteiger charge is 2.35. The lowest BCUT2D eigenvalue weighted by Crippen LogP contribution is -2.29. The Bertz CT molecular complexity index is 974. The van der Waals surface area contributed by atoms with Crippen molar-refractivity contribution in [2.24, 2.45) is 5.92 Å². The number of aliphatic hydroxyl groups excluding tert-OH is 1. The molecule has 8 nitrogen and oxygen atoms in total. The van der Waals surface area contributed by atoms with Crippen molar-refractivity contribution in [2.75, 3.05) is 19.8 Å². The summed E-state index contributed by atoms with van der Waals surface area (Å²) < 4.78 is 5.85. The van der Waals surface area contributed by atoms with Gasteiger partial charge in [-0.15, -0.1) is 0 Å². The fourth-order valence-electron chi connectivity index (χ4n) is 3.61. The SMILES string of the molecule is Cc1cc(C(C)N2Cc3c(ccnc3C(=O)NCCO)C2=O)ncc1OCC1CC1. The number of hydrogen-bond donors (Lipinski definition) is 2. The van der Waals surface area contributed by atoms with E-state index in [0.717, 1.165) is 23.6 Å². The van der Waals surface area contributed by atoms with E-state index in [9.17, 15) is 9.59 Å². The van der Waals surface area contributed by atoms with Crippen LogP contribution in [0.3, 0.4) is 0 Å². The minimum atomic E-state index is -0.394. The van der Waals surface area contributed by atoms with Crippen LogP contribution in [-0.4, -0.2) is 51.5 Å². The molecule has 2 aromatic heterocycles. The minimum absolute atomic E-state index is 0.136. The first kappa shape index (κ1) is 20.3.